The van der Waals surface area contributed by atoms with E-state index in [1.807, 2.05) is 4.90 Å². The molecule has 1 amide bonds. The van der Waals surface area contributed by atoms with Crippen molar-refractivity contribution >= 4 is 11.6 Å². The number of benzene rings is 1. The number of hydrogen-bond acceptors (Lipinski definition) is 3. The molecule has 0 aromatic heterocycles. The van der Waals surface area contributed by atoms with Gasteiger partial charge in [-0.15, -0.1) is 0 Å². The van der Waals surface area contributed by atoms with Crippen LogP contribution in [-0.4, -0.2) is 24.1 Å². The second-order valence-corrected chi connectivity index (χ2v) is 4.63. The number of carbonyl (C=O) groups excluding carboxylic acids is 1. The normalized spacial score (nSPS) is 19.9. The topological polar surface area (TPSA) is 66.6 Å². The second-order valence-electron chi connectivity index (χ2n) is 4.63. The zero-order chi connectivity index (χ0) is 13.1. The zero-order valence-electron chi connectivity index (χ0n) is 10.1. The smallest absolute Gasteiger partial charge is 0.222 e. The van der Waals surface area contributed by atoms with Gasteiger partial charge in [-0.3, -0.25) is 4.79 Å². The molecule has 18 heavy (non-hydrogen) atoms. The molecule has 1 unspecified atom stereocenters. The number of rotatable bonds is 3. The molecule has 0 bridgehead atoms. The third kappa shape index (κ3) is 2.61. The maximum atomic E-state index is 13.9. The van der Waals surface area contributed by atoms with Crippen LogP contribution in [0.5, 0.6) is 0 Å². The first kappa shape index (κ1) is 12.8. The summed E-state index contributed by atoms with van der Waals surface area (Å²) < 4.78 is 13.9. The van der Waals surface area contributed by atoms with Gasteiger partial charge < -0.3 is 15.7 Å². The maximum absolute atomic E-state index is 13.9. The number of aliphatic hydroxyl groups excluding tert-OH is 1. The van der Waals surface area contributed by atoms with E-state index in [1.54, 1.807) is 12.1 Å². The predicted molar refractivity (Wildman–Crippen MR) is 66.5 cm³/mol. The Morgan fingerprint density at radius 3 is 2.94 bits per heavy atom. The Morgan fingerprint density at radius 1 is 1.56 bits per heavy atom. The van der Waals surface area contributed by atoms with Crippen molar-refractivity contribution in [3.63, 3.8) is 0 Å². The van der Waals surface area contributed by atoms with Gasteiger partial charge in [0, 0.05) is 13.1 Å². The Hall–Kier alpha value is -1.62. The summed E-state index contributed by atoms with van der Waals surface area (Å²) in [4.78, 5) is 13.0. The van der Waals surface area contributed by atoms with E-state index in [1.165, 1.54) is 6.07 Å². The lowest BCUT2D eigenvalue weighted by Crippen LogP contribution is -2.41. The lowest BCUT2D eigenvalue weighted by Gasteiger charge is -2.33. The standard InChI is InChI=1S/C13H17FN2O2/c14-11-6-9(8-17)3-4-12(11)16-5-1-2-10(7-16)13(15)18/h3-4,6,10,17H,1-2,5,7-8H2,(H2,15,18). The molecule has 4 nitrogen and oxygen atoms in total. The van der Waals surface area contributed by atoms with E-state index in [-0.39, 0.29) is 24.2 Å². The molecule has 0 radical (unpaired) electrons. The number of nitrogens with zero attached hydrogens (tertiary/aromatic N) is 1. The van der Waals surface area contributed by atoms with Crippen LogP contribution < -0.4 is 10.6 Å². The first-order valence-electron chi connectivity index (χ1n) is 6.05. The highest BCUT2D eigenvalue weighted by Gasteiger charge is 2.25. The Labute approximate surface area is 105 Å². The summed E-state index contributed by atoms with van der Waals surface area (Å²) in [7, 11) is 0. The molecule has 1 aliphatic rings. The van der Waals surface area contributed by atoms with Crippen molar-refractivity contribution in [1.29, 1.82) is 0 Å². The fourth-order valence-corrected chi connectivity index (χ4v) is 2.33. The molecule has 5 heteroatoms. The lowest BCUT2D eigenvalue weighted by atomic mass is 9.97. The lowest BCUT2D eigenvalue weighted by molar-refractivity contribution is -0.122. The largest absolute Gasteiger partial charge is 0.392 e. The Kier molecular flexibility index (Phi) is 3.81. The Bertz CT molecular complexity index is 451. The van der Waals surface area contributed by atoms with Gasteiger partial charge in [-0.25, -0.2) is 4.39 Å². The number of nitrogens with two attached hydrogens (primary N) is 1. The summed E-state index contributed by atoms with van der Waals surface area (Å²) in [6.07, 6.45) is 1.59. The van der Waals surface area contributed by atoms with Crippen LogP contribution >= 0.6 is 0 Å². The molecule has 98 valence electrons. The van der Waals surface area contributed by atoms with Gasteiger partial charge in [0.25, 0.3) is 0 Å². The Balaban J connectivity index is 2.18. The molecule has 1 aromatic rings. The van der Waals surface area contributed by atoms with E-state index < -0.39 is 0 Å². The van der Waals surface area contributed by atoms with Gasteiger partial charge in [-0.05, 0) is 30.5 Å². The van der Waals surface area contributed by atoms with Gasteiger partial charge in [0.1, 0.15) is 5.82 Å². The van der Waals surface area contributed by atoms with E-state index in [0.717, 1.165) is 19.4 Å². The summed E-state index contributed by atoms with van der Waals surface area (Å²) in [5, 5.41) is 8.94. The number of amides is 1. The summed E-state index contributed by atoms with van der Waals surface area (Å²) >= 11 is 0. The molecule has 0 aliphatic carbocycles. The molecule has 1 saturated heterocycles. The van der Waals surface area contributed by atoms with Crippen LogP contribution in [0, 0.1) is 11.7 Å². The van der Waals surface area contributed by atoms with Crippen LogP contribution in [-0.2, 0) is 11.4 Å². The number of halogens is 1. The van der Waals surface area contributed by atoms with Gasteiger partial charge in [0.15, 0.2) is 0 Å². The highest BCUT2D eigenvalue weighted by atomic mass is 19.1. The van der Waals surface area contributed by atoms with E-state index in [2.05, 4.69) is 0 Å². The summed E-state index contributed by atoms with van der Waals surface area (Å²) in [5.41, 5.74) is 6.31. The molecule has 3 N–H and O–H groups in total. The molecule has 1 aliphatic heterocycles. The first-order chi connectivity index (χ1) is 8.61. The number of aliphatic hydroxyl groups is 1. The first-order valence-corrected chi connectivity index (χ1v) is 6.05. The minimum atomic E-state index is -0.369. The monoisotopic (exact) mass is 252 g/mol. The van der Waals surface area contributed by atoms with Crippen molar-refractivity contribution in [2.75, 3.05) is 18.0 Å². The number of anilines is 1. The van der Waals surface area contributed by atoms with Crippen molar-refractivity contribution in [3.8, 4) is 0 Å². The highest BCUT2D eigenvalue weighted by Crippen LogP contribution is 2.26. The van der Waals surface area contributed by atoms with E-state index in [9.17, 15) is 9.18 Å². The highest BCUT2D eigenvalue weighted by molar-refractivity contribution is 5.77. The predicted octanol–water partition coefficient (Wildman–Crippen LogP) is 1.02. The molecule has 1 fully saturated rings. The van der Waals surface area contributed by atoms with Crippen LogP contribution in [0.4, 0.5) is 10.1 Å². The number of hydrogen-bond donors (Lipinski definition) is 2. The van der Waals surface area contributed by atoms with E-state index in [4.69, 9.17) is 10.8 Å². The molecule has 0 saturated carbocycles. The Morgan fingerprint density at radius 2 is 2.33 bits per heavy atom. The fraction of sp³-hybridized carbons (Fsp3) is 0.462. The summed E-state index contributed by atoms with van der Waals surface area (Å²) in [6.45, 7) is 1.00. The number of piperidine rings is 1. The average Bonchev–Trinajstić information content (AvgIpc) is 2.38. The van der Waals surface area contributed by atoms with Gasteiger partial charge in [-0.1, -0.05) is 6.07 Å². The third-order valence-corrected chi connectivity index (χ3v) is 3.36. The van der Waals surface area contributed by atoms with Crippen molar-refractivity contribution < 1.29 is 14.3 Å². The van der Waals surface area contributed by atoms with Crippen LogP contribution in [0.2, 0.25) is 0 Å². The quantitative estimate of drug-likeness (QED) is 0.844. The third-order valence-electron chi connectivity index (χ3n) is 3.36. The molecule has 0 spiro atoms. The van der Waals surface area contributed by atoms with Crippen LogP contribution in [0.1, 0.15) is 18.4 Å². The molecule has 1 aromatic carbocycles. The van der Waals surface area contributed by atoms with E-state index in [0.29, 0.717) is 17.8 Å². The van der Waals surface area contributed by atoms with Crippen molar-refractivity contribution in [3.05, 3.63) is 29.6 Å². The summed E-state index contributed by atoms with van der Waals surface area (Å²) in [5.74, 6) is -0.908. The van der Waals surface area contributed by atoms with Gasteiger partial charge in [0.2, 0.25) is 5.91 Å². The van der Waals surface area contributed by atoms with Crippen molar-refractivity contribution in [2.24, 2.45) is 11.7 Å². The molecular weight excluding hydrogens is 235 g/mol. The second kappa shape index (κ2) is 5.35. The molecule has 1 heterocycles. The van der Waals surface area contributed by atoms with Crippen LogP contribution in [0.25, 0.3) is 0 Å². The maximum Gasteiger partial charge on any atom is 0.222 e. The van der Waals surface area contributed by atoms with Gasteiger partial charge in [-0.2, -0.15) is 0 Å². The fourth-order valence-electron chi connectivity index (χ4n) is 2.33. The van der Waals surface area contributed by atoms with E-state index >= 15 is 0 Å². The minimum Gasteiger partial charge on any atom is -0.392 e. The minimum absolute atomic E-state index is 0.179. The van der Waals surface area contributed by atoms with Crippen molar-refractivity contribution in [1.82, 2.24) is 0 Å². The average molecular weight is 252 g/mol. The SMILES string of the molecule is NC(=O)C1CCCN(c2ccc(CO)cc2F)C1. The molecular formula is C13H17FN2O2. The number of primary amides is 1. The molecule has 2 rings (SSSR count). The molecule has 1 atom stereocenters. The number of carbonyl (C=O) groups is 1. The van der Waals surface area contributed by atoms with Gasteiger partial charge >= 0.3 is 0 Å². The van der Waals surface area contributed by atoms with Crippen molar-refractivity contribution in [2.45, 2.75) is 19.4 Å². The van der Waals surface area contributed by atoms with Gasteiger partial charge in [0.05, 0.1) is 18.2 Å². The summed E-state index contributed by atoms with van der Waals surface area (Å²) in [6, 6.07) is 4.65. The van der Waals surface area contributed by atoms with Crippen LogP contribution in [0.3, 0.4) is 0 Å². The van der Waals surface area contributed by atoms with Crippen LogP contribution in [0.15, 0.2) is 18.2 Å². The zero-order valence-corrected chi connectivity index (χ0v) is 10.1.